The molecule has 0 fully saturated rings. The van der Waals surface area contributed by atoms with Crippen LogP contribution in [0.2, 0.25) is 10.0 Å². The SMILES string of the molecule is COc1ccc(NC(=S)NC(=O)c2cc(Cl)c(OC)c(Cl)c2)cc1[N+](=O)[O-]. The number of anilines is 1. The maximum absolute atomic E-state index is 12.3. The van der Waals surface area contributed by atoms with Gasteiger partial charge >= 0.3 is 5.69 Å². The second kappa shape index (κ2) is 8.85. The number of carbonyl (C=O) groups excluding carboxylic acids is 1. The zero-order valence-electron chi connectivity index (χ0n) is 14.0. The number of benzene rings is 2. The lowest BCUT2D eigenvalue weighted by atomic mass is 10.2. The van der Waals surface area contributed by atoms with Gasteiger partial charge in [-0.3, -0.25) is 20.2 Å². The second-order valence-electron chi connectivity index (χ2n) is 5.03. The third-order valence-corrected chi connectivity index (χ3v) is 4.09. The summed E-state index contributed by atoms with van der Waals surface area (Å²) in [5.41, 5.74) is 0.222. The predicted molar refractivity (Wildman–Crippen MR) is 106 cm³/mol. The number of hydrogen-bond donors (Lipinski definition) is 2. The molecule has 0 aliphatic heterocycles. The van der Waals surface area contributed by atoms with Crippen LogP contribution in [0.15, 0.2) is 30.3 Å². The van der Waals surface area contributed by atoms with Crippen LogP contribution in [0.1, 0.15) is 10.4 Å². The van der Waals surface area contributed by atoms with Gasteiger partial charge < -0.3 is 14.8 Å². The Morgan fingerprint density at radius 3 is 2.30 bits per heavy atom. The summed E-state index contributed by atoms with van der Waals surface area (Å²) < 4.78 is 9.94. The van der Waals surface area contributed by atoms with Crippen molar-refractivity contribution in [2.24, 2.45) is 0 Å². The molecule has 2 rings (SSSR count). The summed E-state index contributed by atoms with van der Waals surface area (Å²) in [4.78, 5) is 22.8. The van der Waals surface area contributed by atoms with E-state index in [9.17, 15) is 14.9 Å². The number of methoxy groups -OCH3 is 2. The fraction of sp³-hybridized carbons (Fsp3) is 0.125. The number of carbonyl (C=O) groups is 1. The Morgan fingerprint density at radius 1 is 1.15 bits per heavy atom. The third kappa shape index (κ3) is 4.97. The monoisotopic (exact) mass is 429 g/mol. The number of thiocarbonyl (C=S) groups is 1. The molecule has 2 N–H and O–H groups in total. The summed E-state index contributed by atoms with van der Waals surface area (Å²) in [6, 6.07) is 6.92. The highest BCUT2D eigenvalue weighted by Crippen LogP contribution is 2.34. The lowest BCUT2D eigenvalue weighted by Crippen LogP contribution is -2.34. The molecule has 0 heterocycles. The van der Waals surface area contributed by atoms with Crippen LogP contribution in [-0.4, -0.2) is 30.2 Å². The van der Waals surface area contributed by atoms with Crippen LogP contribution in [0.4, 0.5) is 11.4 Å². The highest BCUT2D eigenvalue weighted by Gasteiger charge is 2.17. The van der Waals surface area contributed by atoms with Crippen LogP contribution in [0.5, 0.6) is 11.5 Å². The molecule has 8 nitrogen and oxygen atoms in total. The second-order valence-corrected chi connectivity index (χ2v) is 6.25. The average Bonchev–Trinajstić information content (AvgIpc) is 2.61. The molecule has 1 amide bonds. The van der Waals surface area contributed by atoms with Crippen LogP contribution < -0.4 is 20.1 Å². The Balaban J connectivity index is 2.13. The Morgan fingerprint density at radius 2 is 1.78 bits per heavy atom. The van der Waals surface area contributed by atoms with Crippen molar-refractivity contribution in [3.63, 3.8) is 0 Å². The van der Waals surface area contributed by atoms with E-state index < -0.39 is 10.8 Å². The van der Waals surface area contributed by atoms with E-state index in [0.29, 0.717) is 5.69 Å². The fourth-order valence-electron chi connectivity index (χ4n) is 2.13. The first-order valence-electron chi connectivity index (χ1n) is 7.24. The number of rotatable bonds is 5. The van der Waals surface area contributed by atoms with E-state index in [4.69, 9.17) is 44.9 Å². The number of nitrogens with one attached hydrogen (secondary N) is 2. The van der Waals surface area contributed by atoms with Crippen LogP contribution in [0.3, 0.4) is 0 Å². The lowest BCUT2D eigenvalue weighted by Gasteiger charge is -2.12. The van der Waals surface area contributed by atoms with Gasteiger partial charge in [-0.05, 0) is 36.5 Å². The number of halogens is 2. The molecule has 0 radical (unpaired) electrons. The lowest BCUT2D eigenvalue weighted by molar-refractivity contribution is -0.385. The van der Waals surface area contributed by atoms with E-state index in [0.717, 1.165) is 0 Å². The summed E-state index contributed by atoms with van der Waals surface area (Å²) in [7, 11) is 2.73. The number of amides is 1. The smallest absolute Gasteiger partial charge is 0.312 e. The van der Waals surface area contributed by atoms with E-state index in [1.165, 1.54) is 44.6 Å². The molecule has 0 aliphatic rings. The van der Waals surface area contributed by atoms with Gasteiger partial charge in [-0.25, -0.2) is 0 Å². The molecular formula is C16H13Cl2N3O5S. The quantitative estimate of drug-likeness (QED) is 0.419. The van der Waals surface area contributed by atoms with E-state index in [-0.39, 0.29) is 37.9 Å². The van der Waals surface area contributed by atoms with E-state index in [1.54, 1.807) is 0 Å². The number of nitrogens with zero attached hydrogens (tertiary/aromatic N) is 1. The predicted octanol–water partition coefficient (Wildman–Crippen LogP) is 4.05. The van der Waals surface area contributed by atoms with Gasteiger partial charge in [-0.1, -0.05) is 23.2 Å². The Labute approximate surface area is 169 Å². The maximum Gasteiger partial charge on any atom is 0.312 e. The molecule has 2 aromatic rings. The van der Waals surface area contributed by atoms with Gasteiger partial charge in [0.15, 0.2) is 16.6 Å². The number of nitro benzene ring substituents is 1. The Kier molecular flexibility index (Phi) is 6.78. The molecule has 142 valence electrons. The largest absolute Gasteiger partial charge is 0.494 e. The summed E-state index contributed by atoms with van der Waals surface area (Å²) >= 11 is 17.1. The minimum atomic E-state index is -0.590. The Hall–Kier alpha value is -2.62. The van der Waals surface area contributed by atoms with Crippen molar-refractivity contribution in [1.29, 1.82) is 0 Å². The van der Waals surface area contributed by atoms with Crippen molar-refractivity contribution in [3.05, 3.63) is 56.1 Å². The van der Waals surface area contributed by atoms with Gasteiger partial charge in [0, 0.05) is 17.3 Å². The summed E-state index contributed by atoms with van der Waals surface area (Å²) in [6.45, 7) is 0. The molecule has 0 unspecified atom stereocenters. The number of hydrogen-bond acceptors (Lipinski definition) is 6. The maximum atomic E-state index is 12.3. The van der Waals surface area contributed by atoms with Crippen molar-refractivity contribution in [2.45, 2.75) is 0 Å². The highest BCUT2D eigenvalue weighted by molar-refractivity contribution is 7.80. The minimum Gasteiger partial charge on any atom is -0.494 e. The normalized spacial score (nSPS) is 10.1. The van der Waals surface area contributed by atoms with Crippen molar-refractivity contribution in [3.8, 4) is 11.5 Å². The molecule has 0 saturated carbocycles. The van der Waals surface area contributed by atoms with E-state index in [2.05, 4.69) is 10.6 Å². The molecule has 0 aromatic heterocycles. The first kappa shape index (κ1) is 20.7. The first-order valence-corrected chi connectivity index (χ1v) is 8.41. The molecule has 11 heteroatoms. The van der Waals surface area contributed by atoms with Crippen LogP contribution in [0.25, 0.3) is 0 Å². The van der Waals surface area contributed by atoms with Gasteiger partial charge in [0.05, 0.1) is 29.2 Å². The number of ether oxygens (including phenoxy) is 2. The molecule has 0 bridgehead atoms. The van der Waals surface area contributed by atoms with Crippen molar-refractivity contribution in [1.82, 2.24) is 5.32 Å². The van der Waals surface area contributed by atoms with Gasteiger partial charge in [0.25, 0.3) is 5.91 Å². The summed E-state index contributed by atoms with van der Waals surface area (Å²) in [6.07, 6.45) is 0. The van der Waals surface area contributed by atoms with Gasteiger partial charge in [-0.2, -0.15) is 0 Å². The van der Waals surface area contributed by atoms with Crippen LogP contribution in [0, 0.1) is 10.1 Å². The molecule has 0 saturated heterocycles. The third-order valence-electron chi connectivity index (χ3n) is 3.33. The molecule has 0 atom stereocenters. The summed E-state index contributed by atoms with van der Waals surface area (Å²) in [5, 5.41) is 16.4. The molecule has 2 aromatic carbocycles. The topological polar surface area (TPSA) is 103 Å². The van der Waals surface area contributed by atoms with Gasteiger partial charge in [-0.15, -0.1) is 0 Å². The molecule has 27 heavy (non-hydrogen) atoms. The van der Waals surface area contributed by atoms with Gasteiger partial charge in [0.1, 0.15) is 0 Å². The van der Waals surface area contributed by atoms with Gasteiger partial charge in [0.2, 0.25) is 0 Å². The van der Waals surface area contributed by atoms with Crippen LogP contribution >= 0.6 is 35.4 Å². The Bertz CT molecular complexity index is 900. The zero-order valence-corrected chi connectivity index (χ0v) is 16.4. The van der Waals surface area contributed by atoms with Crippen molar-refractivity contribution >= 4 is 57.8 Å². The zero-order chi connectivity index (χ0) is 20.1. The molecular weight excluding hydrogens is 417 g/mol. The van der Waals surface area contributed by atoms with Crippen LogP contribution in [-0.2, 0) is 0 Å². The van der Waals surface area contributed by atoms with E-state index in [1.807, 2.05) is 0 Å². The summed E-state index contributed by atoms with van der Waals surface area (Å²) in [5.74, 6) is -0.217. The minimum absolute atomic E-state index is 0.0671. The molecule has 0 aliphatic carbocycles. The average molecular weight is 430 g/mol. The van der Waals surface area contributed by atoms with Crippen molar-refractivity contribution in [2.75, 3.05) is 19.5 Å². The highest BCUT2D eigenvalue weighted by atomic mass is 35.5. The fourth-order valence-corrected chi connectivity index (χ4v) is 2.99. The first-order chi connectivity index (χ1) is 12.8. The standard InChI is InChI=1S/C16H13Cl2N3O5S/c1-25-13-4-3-9(7-12(13)21(23)24)19-16(27)20-15(22)8-5-10(17)14(26-2)11(18)6-8/h3-7H,1-2H3,(H2,19,20,22,27). The number of nitro groups is 1. The molecule has 0 spiro atoms. The van der Waals surface area contributed by atoms with Crippen molar-refractivity contribution < 1.29 is 19.2 Å². The van der Waals surface area contributed by atoms with E-state index >= 15 is 0 Å².